The molecule has 6 rings (SSSR count). The molecule has 2 saturated heterocycles. The van der Waals surface area contributed by atoms with Crippen molar-refractivity contribution in [1.29, 1.82) is 0 Å². The van der Waals surface area contributed by atoms with Crippen molar-refractivity contribution in [2.75, 3.05) is 7.11 Å². The lowest BCUT2D eigenvalue weighted by molar-refractivity contribution is -0.240. The minimum absolute atomic E-state index is 0.0215. The Hall–Kier alpha value is -1.01. The van der Waals surface area contributed by atoms with E-state index in [-0.39, 0.29) is 34.2 Å². The minimum Gasteiger partial charge on any atom is -0.389 e. The maximum atomic E-state index is 13.2. The maximum absolute atomic E-state index is 13.2. The van der Waals surface area contributed by atoms with E-state index in [1.54, 1.807) is 7.11 Å². The first-order valence-electron chi connectivity index (χ1n) is 13.5. The number of fused-ring (bicyclic) bond motifs is 6. The first kappa shape index (κ1) is 23.4. The lowest BCUT2D eigenvalue weighted by Crippen LogP contribution is -2.60. The van der Waals surface area contributed by atoms with Crippen LogP contribution in [-0.4, -0.2) is 47.2 Å². The average Bonchev–Trinajstić information content (AvgIpc) is 3.27. The number of allylic oxidation sites excluding steroid dienone is 4. The van der Waals surface area contributed by atoms with Crippen molar-refractivity contribution in [1.82, 2.24) is 0 Å². The first-order valence-corrected chi connectivity index (χ1v) is 13.5. The van der Waals surface area contributed by atoms with Crippen molar-refractivity contribution in [2.45, 2.75) is 109 Å². The molecule has 0 aromatic heterocycles. The van der Waals surface area contributed by atoms with Gasteiger partial charge in [0.05, 0.1) is 17.1 Å². The lowest BCUT2D eigenvalue weighted by Gasteiger charge is -2.59. The Balaban J connectivity index is 1.29. The van der Waals surface area contributed by atoms with Gasteiger partial charge in [0.2, 0.25) is 0 Å². The Bertz CT molecular complexity index is 972. The van der Waals surface area contributed by atoms with E-state index in [9.17, 15) is 9.90 Å². The van der Waals surface area contributed by atoms with Crippen LogP contribution in [0.3, 0.4) is 0 Å². The fraction of sp³-hybridized carbons (Fsp3) is 0.828. The molecule has 11 atom stereocenters. The summed E-state index contributed by atoms with van der Waals surface area (Å²) in [6.07, 6.45) is 12.2. The van der Waals surface area contributed by atoms with Gasteiger partial charge < -0.3 is 19.3 Å². The molecule has 0 spiro atoms. The number of methoxy groups -OCH3 is 1. The quantitative estimate of drug-likeness (QED) is 0.466. The van der Waals surface area contributed by atoms with Gasteiger partial charge in [0, 0.05) is 19.4 Å². The molecule has 4 fully saturated rings. The van der Waals surface area contributed by atoms with Gasteiger partial charge in [-0.2, -0.15) is 0 Å². The van der Waals surface area contributed by atoms with Crippen LogP contribution in [0.5, 0.6) is 0 Å². The summed E-state index contributed by atoms with van der Waals surface area (Å²) in [5, 5.41) is 12.5. The molecular weight excluding hydrogens is 428 g/mol. The van der Waals surface area contributed by atoms with Crippen LogP contribution >= 0.6 is 0 Å². The van der Waals surface area contributed by atoms with Crippen molar-refractivity contribution < 1.29 is 24.1 Å². The van der Waals surface area contributed by atoms with E-state index in [2.05, 4.69) is 40.7 Å². The van der Waals surface area contributed by atoms with Gasteiger partial charge in [-0.3, -0.25) is 4.79 Å². The van der Waals surface area contributed by atoms with Gasteiger partial charge in [-0.1, -0.05) is 31.6 Å². The summed E-state index contributed by atoms with van der Waals surface area (Å²) in [7, 11) is 1.68. The Morgan fingerprint density at radius 3 is 2.62 bits per heavy atom. The van der Waals surface area contributed by atoms with Crippen molar-refractivity contribution in [3.8, 4) is 0 Å². The monoisotopic (exact) mass is 470 g/mol. The molecule has 0 radical (unpaired) electrons. The topological polar surface area (TPSA) is 68.3 Å². The molecule has 6 aliphatic rings. The third-order valence-electron chi connectivity index (χ3n) is 12.1. The maximum Gasteiger partial charge on any atom is 0.189 e. The molecule has 188 valence electrons. The molecule has 5 heteroatoms. The molecule has 0 unspecified atom stereocenters. The molecule has 0 aromatic carbocycles. The van der Waals surface area contributed by atoms with E-state index in [0.717, 1.165) is 44.9 Å². The average molecular weight is 471 g/mol. The number of carbonyl (C=O) groups is 1. The fourth-order valence-electron chi connectivity index (χ4n) is 9.55. The van der Waals surface area contributed by atoms with Gasteiger partial charge in [0.1, 0.15) is 11.2 Å². The normalized spacial score (nSPS) is 56.6. The molecule has 2 heterocycles. The number of aliphatic hydroxyl groups is 1. The van der Waals surface area contributed by atoms with E-state index in [1.807, 2.05) is 12.2 Å². The zero-order valence-corrected chi connectivity index (χ0v) is 21.7. The van der Waals surface area contributed by atoms with Crippen molar-refractivity contribution in [3.05, 3.63) is 23.8 Å². The molecule has 4 aliphatic carbocycles. The minimum atomic E-state index is -0.800. The van der Waals surface area contributed by atoms with E-state index in [1.165, 1.54) is 5.57 Å². The summed E-state index contributed by atoms with van der Waals surface area (Å²) in [6.45, 7) is 10.9. The Morgan fingerprint density at radius 1 is 1.15 bits per heavy atom. The van der Waals surface area contributed by atoms with Gasteiger partial charge >= 0.3 is 0 Å². The Kier molecular flexibility index (Phi) is 4.85. The summed E-state index contributed by atoms with van der Waals surface area (Å²) in [6, 6.07) is 0. The number of carbonyl (C=O) groups excluding carboxylic acids is 1. The molecule has 34 heavy (non-hydrogen) atoms. The highest BCUT2D eigenvalue weighted by Gasteiger charge is 2.74. The summed E-state index contributed by atoms with van der Waals surface area (Å²) in [4.78, 5) is 13.2. The zero-order valence-electron chi connectivity index (χ0n) is 21.7. The van der Waals surface area contributed by atoms with Crippen LogP contribution in [0.2, 0.25) is 0 Å². The molecular formula is C29H42O5. The highest BCUT2D eigenvalue weighted by Crippen LogP contribution is 2.68. The number of epoxide rings is 1. The van der Waals surface area contributed by atoms with Crippen molar-refractivity contribution in [3.63, 3.8) is 0 Å². The Morgan fingerprint density at radius 2 is 1.88 bits per heavy atom. The third kappa shape index (κ3) is 2.63. The molecule has 0 bridgehead atoms. The standard InChI is InChI=1S/C29H42O5/c1-17(22-16-26(3)28(5,34-26)24(32-6)33-22)29(31)15-13-20-19-11-10-18-8-7-9-23(30)27(18,4)21(19)12-14-25(20,29)2/h7,9-10,17,19-22,24,31H,8,11-16H2,1-6H3/t17-,19+,20+,21+,22-,24-,25+,26+,27+,28+,29+/m1/s1. The zero-order chi connectivity index (χ0) is 24.3. The predicted octanol–water partition coefficient (Wildman–Crippen LogP) is 4.97. The highest BCUT2D eigenvalue weighted by atomic mass is 16.7. The number of hydrogen-bond donors (Lipinski definition) is 1. The van der Waals surface area contributed by atoms with Crippen LogP contribution in [-0.2, 0) is 19.0 Å². The van der Waals surface area contributed by atoms with Crippen LogP contribution in [0.25, 0.3) is 0 Å². The van der Waals surface area contributed by atoms with Crippen LogP contribution in [0.1, 0.15) is 79.6 Å². The predicted molar refractivity (Wildman–Crippen MR) is 129 cm³/mol. The van der Waals surface area contributed by atoms with Crippen molar-refractivity contribution in [2.24, 2.45) is 34.5 Å². The van der Waals surface area contributed by atoms with Gasteiger partial charge in [0.15, 0.2) is 12.1 Å². The summed E-state index contributed by atoms with van der Waals surface area (Å²) in [5.41, 5.74) is -0.665. The Labute approximate surface area is 204 Å². The molecule has 2 aliphatic heterocycles. The smallest absolute Gasteiger partial charge is 0.189 e. The van der Waals surface area contributed by atoms with Crippen LogP contribution < -0.4 is 0 Å². The first-order chi connectivity index (χ1) is 15.9. The molecule has 0 aromatic rings. The van der Waals surface area contributed by atoms with Gasteiger partial charge in [-0.15, -0.1) is 0 Å². The SMILES string of the molecule is CO[C@@H]1O[C@@H]([C@@H](C)[C@@]2(O)CC[C@H]3[C@@H]4CC=C5CC=CC(=O)[C@]5(C)[C@H]4CC[C@@]32C)C[C@]2(C)O[C@@]12C. The fourth-order valence-corrected chi connectivity index (χ4v) is 9.55. The van der Waals surface area contributed by atoms with Crippen LogP contribution in [0.4, 0.5) is 0 Å². The molecule has 0 amide bonds. The van der Waals surface area contributed by atoms with Crippen LogP contribution in [0, 0.1) is 34.5 Å². The van der Waals surface area contributed by atoms with E-state index < -0.39 is 17.5 Å². The summed E-state index contributed by atoms with van der Waals surface area (Å²) >= 11 is 0. The number of hydrogen-bond acceptors (Lipinski definition) is 5. The second-order valence-electron chi connectivity index (χ2n) is 13.1. The third-order valence-corrected chi connectivity index (χ3v) is 12.1. The molecule has 2 saturated carbocycles. The molecule has 1 N–H and O–H groups in total. The van der Waals surface area contributed by atoms with Gasteiger partial charge in [-0.05, 0) is 88.5 Å². The van der Waals surface area contributed by atoms with E-state index >= 15 is 0 Å². The second kappa shape index (κ2) is 7.06. The number of ketones is 1. The lowest BCUT2D eigenvalue weighted by atomic mass is 9.46. The van der Waals surface area contributed by atoms with Gasteiger partial charge in [-0.25, -0.2) is 0 Å². The number of ether oxygens (including phenoxy) is 3. The molecule has 5 nitrogen and oxygen atoms in total. The number of rotatable bonds is 3. The van der Waals surface area contributed by atoms with E-state index in [4.69, 9.17) is 14.2 Å². The van der Waals surface area contributed by atoms with E-state index in [0.29, 0.717) is 17.8 Å². The van der Waals surface area contributed by atoms with Crippen molar-refractivity contribution >= 4 is 5.78 Å². The largest absolute Gasteiger partial charge is 0.389 e. The van der Waals surface area contributed by atoms with Gasteiger partial charge in [0.25, 0.3) is 0 Å². The van der Waals surface area contributed by atoms with Crippen LogP contribution in [0.15, 0.2) is 23.8 Å². The second-order valence-corrected chi connectivity index (χ2v) is 13.1. The summed E-state index contributed by atoms with van der Waals surface area (Å²) in [5.74, 6) is 1.52. The summed E-state index contributed by atoms with van der Waals surface area (Å²) < 4.78 is 18.3. The highest BCUT2D eigenvalue weighted by molar-refractivity contribution is 5.98.